The second-order valence-corrected chi connectivity index (χ2v) is 10.6. The lowest BCUT2D eigenvalue weighted by atomic mass is 9.89. The third kappa shape index (κ3) is 2.48. The van der Waals surface area contributed by atoms with Gasteiger partial charge in [0.25, 0.3) is 0 Å². The summed E-state index contributed by atoms with van der Waals surface area (Å²) in [6, 6.07) is 0. The fourth-order valence-corrected chi connectivity index (χ4v) is 6.35. The van der Waals surface area contributed by atoms with Crippen LogP contribution in [0, 0.1) is 11.8 Å². The quantitative estimate of drug-likeness (QED) is 0.704. The van der Waals surface area contributed by atoms with Crippen molar-refractivity contribution in [3.8, 4) is 0 Å². The lowest BCUT2D eigenvalue weighted by Gasteiger charge is -2.65. The van der Waals surface area contributed by atoms with Crippen molar-refractivity contribution in [3.05, 3.63) is 0 Å². The molecule has 4 nitrogen and oxygen atoms in total. The first kappa shape index (κ1) is 18.1. The smallest absolute Gasteiger partial charge is 0.374 e. The largest absolute Gasteiger partial charge is 0.524 e. The molecule has 1 saturated heterocycles. The maximum Gasteiger partial charge on any atom is 0.524 e. The molecular formula is C15H34N2O2Si. The molecule has 1 aliphatic heterocycles. The molecule has 0 radical (unpaired) electrons. The maximum atomic E-state index is 5.99. The number of rotatable bonds is 6. The standard InChI is InChI=1S/C15H34N2O2Si/c1-12(2)14(5,6)16-11-17(15(7,8)13(3)4)20(16,18-9)19-10/h12-13H,11H2,1-10H3. The highest BCUT2D eigenvalue weighted by Gasteiger charge is 2.68. The minimum atomic E-state index is -2.48. The first-order valence-electron chi connectivity index (χ1n) is 7.64. The zero-order valence-corrected chi connectivity index (χ0v) is 16.1. The Bertz CT molecular complexity index is 311. The Labute approximate surface area is 126 Å². The Hall–Kier alpha value is 0.0569. The van der Waals surface area contributed by atoms with Crippen LogP contribution in [-0.2, 0) is 8.85 Å². The second-order valence-electron chi connectivity index (χ2n) is 7.57. The summed E-state index contributed by atoms with van der Waals surface area (Å²) in [4.78, 5) is 0. The Morgan fingerprint density at radius 1 is 0.800 bits per heavy atom. The molecule has 0 bridgehead atoms. The highest BCUT2D eigenvalue weighted by atomic mass is 28.4. The molecule has 0 unspecified atom stereocenters. The summed E-state index contributed by atoms with van der Waals surface area (Å²) in [7, 11) is 1.11. The molecule has 0 N–H and O–H groups in total. The highest BCUT2D eigenvalue weighted by Crippen LogP contribution is 2.44. The molecule has 0 amide bonds. The van der Waals surface area contributed by atoms with Crippen molar-refractivity contribution in [3.63, 3.8) is 0 Å². The molecular weight excluding hydrogens is 268 g/mol. The fraction of sp³-hybridized carbons (Fsp3) is 1.00. The van der Waals surface area contributed by atoms with E-state index in [2.05, 4.69) is 64.5 Å². The maximum absolute atomic E-state index is 5.99. The average molecular weight is 303 g/mol. The van der Waals surface area contributed by atoms with E-state index in [4.69, 9.17) is 8.85 Å². The average Bonchev–Trinajstić information content (AvgIpc) is 2.28. The number of hydrogen-bond donors (Lipinski definition) is 0. The van der Waals surface area contributed by atoms with Gasteiger partial charge in [0.05, 0.1) is 0 Å². The van der Waals surface area contributed by atoms with E-state index < -0.39 is 8.88 Å². The van der Waals surface area contributed by atoms with Crippen molar-refractivity contribution in [2.75, 3.05) is 20.9 Å². The van der Waals surface area contributed by atoms with E-state index in [0.717, 1.165) is 6.67 Å². The van der Waals surface area contributed by atoms with Crippen LogP contribution in [0.5, 0.6) is 0 Å². The van der Waals surface area contributed by atoms with Gasteiger partial charge in [-0.15, -0.1) is 0 Å². The minimum absolute atomic E-state index is 0.0712. The third-order valence-corrected chi connectivity index (χ3v) is 9.58. The SMILES string of the molecule is CO[Si]1(OC)N(C(C)(C)C(C)C)CN1C(C)(C)C(C)C. The van der Waals surface area contributed by atoms with Crippen LogP contribution in [0.3, 0.4) is 0 Å². The van der Waals surface area contributed by atoms with Gasteiger partial charge in [-0.3, -0.25) is 0 Å². The summed E-state index contributed by atoms with van der Waals surface area (Å²) in [6.07, 6.45) is 0. The molecule has 0 aromatic carbocycles. The van der Waals surface area contributed by atoms with Crippen molar-refractivity contribution >= 4 is 8.88 Å². The van der Waals surface area contributed by atoms with E-state index >= 15 is 0 Å². The Kier molecular flexibility index (Phi) is 5.15. The molecule has 0 saturated carbocycles. The van der Waals surface area contributed by atoms with Gasteiger partial charge in [0.15, 0.2) is 0 Å². The van der Waals surface area contributed by atoms with Crippen LogP contribution in [0.4, 0.5) is 0 Å². The molecule has 0 aliphatic carbocycles. The summed E-state index contributed by atoms with van der Waals surface area (Å²) >= 11 is 0. The van der Waals surface area contributed by atoms with Crippen molar-refractivity contribution < 1.29 is 8.85 Å². The highest BCUT2D eigenvalue weighted by molar-refractivity contribution is 6.64. The van der Waals surface area contributed by atoms with Crippen LogP contribution in [0.15, 0.2) is 0 Å². The van der Waals surface area contributed by atoms with Gasteiger partial charge >= 0.3 is 8.88 Å². The lowest BCUT2D eigenvalue weighted by molar-refractivity contribution is -0.102. The first-order chi connectivity index (χ1) is 8.98. The number of nitrogens with zero attached hydrogens (tertiary/aromatic N) is 2. The van der Waals surface area contributed by atoms with Crippen molar-refractivity contribution in [1.82, 2.24) is 9.13 Å². The fourth-order valence-electron chi connectivity index (χ4n) is 2.63. The zero-order chi connectivity index (χ0) is 15.9. The molecule has 0 aromatic rings. The van der Waals surface area contributed by atoms with E-state index in [-0.39, 0.29) is 11.1 Å². The van der Waals surface area contributed by atoms with E-state index in [9.17, 15) is 0 Å². The van der Waals surface area contributed by atoms with Crippen LogP contribution >= 0.6 is 0 Å². The molecule has 1 rings (SSSR count). The predicted octanol–water partition coefficient (Wildman–Crippen LogP) is 3.16. The Morgan fingerprint density at radius 2 is 1.10 bits per heavy atom. The van der Waals surface area contributed by atoms with Gasteiger partial charge in [-0.1, -0.05) is 27.7 Å². The molecule has 1 heterocycles. The van der Waals surface area contributed by atoms with Crippen molar-refractivity contribution in [2.45, 2.75) is 66.5 Å². The topological polar surface area (TPSA) is 24.9 Å². The molecule has 0 atom stereocenters. The zero-order valence-electron chi connectivity index (χ0n) is 15.1. The minimum Gasteiger partial charge on any atom is -0.374 e. The third-order valence-electron chi connectivity index (χ3n) is 5.71. The van der Waals surface area contributed by atoms with E-state index in [1.807, 2.05) is 0 Å². The van der Waals surface area contributed by atoms with E-state index in [1.54, 1.807) is 14.2 Å². The molecule has 20 heavy (non-hydrogen) atoms. The Balaban J connectivity index is 3.14. The summed E-state index contributed by atoms with van der Waals surface area (Å²) in [5, 5.41) is 0. The van der Waals surface area contributed by atoms with Gasteiger partial charge < -0.3 is 8.85 Å². The normalized spacial score (nSPS) is 21.6. The van der Waals surface area contributed by atoms with Crippen LogP contribution in [-0.4, -0.2) is 50.0 Å². The molecule has 5 heteroatoms. The summed E-state index contributed by atoms with van der Waals surface area (Å²) in [5.41, 5.74) is 0.142. The van der Waals surface area contributed by atoms with Gasteiger partial charge in [0, 0.05) is 32.0 Å². The number of hydrogen-bond acceptors (Lipinski definition) is 4. The van der Waals surface area contributed by atoms with Gasteiger partial charge in [-0.2, -0.15) is 0 Å². The van der Waals surface area contributed by atoms with Crippen LogP contribution in [0.25, 0.3) is 0 Å². The van der Waals surface area contributed by atoms with Crippen molar-refractivity contribution in [1.29, 1.82) is 0 Å². The molecule has 1 aliphatic rings. The molecule has 120 valence electrons. The van der Waals surface area contributed by atoms with E-state index in [1.165, 1.54) is 0 Å². The van der Waals surface area contributed by atoms with Crippen LogP contribution in [0.1, 0.15) is 55.4 Å². The molecule has 1 fully saturated rings. The summed E-state index contributed by atoms with van der Waals surface area (Å²) in [6.45, 7) is 19.1. The lowest BCUT2D eigenvalue weighted by Crippen LogP contribution is -2.88. The first-order valence-corrected chi connectivity index (χ1v) is 9.35. The van der Waals surface area contributed by atoms with Gasteiger partial charge in [0.1, 0.15) is 0 Å². The summed E-state index contributed by atoms with van der Waals surface area (Å²) < 4.78 is 16.9. The van der Waals surface area contributed by atoms with Crippen molar-refractivity contribution in [2.24, 2.45) is 11.8 Å². The molecule has 0 spiro atoms. The van der Waals surface area contributed by atoms with Gasteiger partial charge in [-0.05, 0) is 39.5 Å². The summed E-state index contributed by atoms with van der Waals surface area (Å²) in [5.74, 6) is 1.09. The van der Waals surface area contributed by atoms with Crippen LogP contribution < -0.4 is 0 Å². The molecule has 0 aromatic heterocycles. The predicted molar refractivity (Wildman–Crippen MR) is 86.2 cm³/mol. The van der Waals surface area contributed by atoms with E-state index in [0.29, 0.717) is 11.8 Å². The van der Waals surface area contributed by atoms with Crippen LogP contribution in [0.2, 0.25) is 0 Å². The monoisotopic (exact) mass is 302 g/mol. The van der Waals surface area contributed by atoms with Gasteiger partial charge in [0.2, 0.25) is 0 Å². The Morgan fingerprint density at radius 3 is 1.30 bits per heavy atom. The van der Waals surface area contributed by atoms with Gasteiger partial charge in [-0.25, -0.2) is 9.13 Å². The second kappa shape index (κ2) is 5.69.